The Balaban J connectivity index is 2.11. The molecule has 2 atom stereocenters. The van der Waals surface area contributed by atoms with E-state index in [0.717, 1.165) is 31.4 Å². The lowest BCUT2D eigenvalue weighted by atomic mass is 10.1. The molecule has 92 valence electrons. The highest BCUT2D eigenvalue weighted by atomic mass is 19.1. The van der Waals surface area contributed by atoms with Crippen molar-refractivity contribution in [2.45, 2.75) is 32.2 Å². The number of nitrogens with one attached hydrogen (secondary N) is 1. The Morgan fingerprint density at radius 2 is 2.24 bits per heavy atom. The molecule has 1 amide bonds. The average molecular weight is 237 g/mol. The van der Waals surface area contributed by atoms with Gasteiger partial charge in [0.1, 0.15) is 11.6 Å². The number of halogens is 1. The summed E-state index contributed by atoms with van der Waals surface area (Å²) in [5, 5.41) is 12.4. The van der Waals surface area contributed by atoms with E-state index in [1.165, 1.54) is 6.07 Å². The number of aromatic hydroxyl groups is 1. The molecule has 1 aromatic carbocycles. The molecule has 0 radical (unpaired) electrons. The molecule has 1 saturated carbocycles. The van der Waals surface area contributed by atoms with E-state index in [1.54, 1.807) is 0 Å². The SMILES string of the molecule is CC1CCCC1NC(=O)c1cc(F)ccc1O. The van der Waals surface area contributed by atoms with Crippen LogP contribution >= 0.6 is 0 Å². The van der Waals surface area contributed by atoms with Gasteiger partial charge in [0, 0.05) is 6.04 Å². The van der Waals surface area contributed by atoms with Gasteiger partial charge in [-0.3, -0.25) is 4.79 Å². The van der Waals surface area contributed by atoms with E-state index in [1.807, 2.05) is 0 Å². The molecule has 0 aromatic heterocycles. The van der Waals surface area contributed by atoms with Crippen LogP contribution in [-0.4, -0.2) is 17.1 Å². The number of hydrogen-bond donors (Lipinski definition) is 2. The molecule has 1 aliphatic rings. The molecule has 1 fully saturated rings. The van der Waals surface area contributed by atoms with Crippen molar-refractivity contribution >= 4 is 5.91 Å². The van der Waals surface area contributed by atoms with Gasteiger partial charge in [-0.15, -0.1) is 0 Å². The highest BCUT2D eigenvalue weighted by Gasteiger charge is 2.25. The van der Waals surface area contributed by atoms with Crippen LogP contribution in [0.2, 0.25) is 0 Å². The number of amides is 1. The van der Waals surface area contributed by atoms with Crippen LogP contribution in [0.15, 0.2) is 18.2 Å². The van der Waals surface area contributed by atoms with Crippen molar-refractivity contribution in [3.8, 4) is 5.75 Å². The molecule has 17 heavy (non-hydrogen) atoms. The zero-order valence-corrected chi connectivity index (χ0v) is 9.74. The van der Waals surface area contributed by atoms with Gasteiger partial charge in [0.15, 0.2) is 0 Å². The number of phenolic OH excluding ortho intramolecular Hbond substituents is 1. The van der Waals surface area contributed by atoms with Gasteiger partial charge < -0.3 is 10.4 Å². The molecule has 2 unspecified atom stereocenters. The van der Waals surface area contributed by atoms with Gasteiger partial charge in [0.2, 0.25) is 0 Å². The zero-order chi connectivity index (χ0) is 12.4. The summed E-state index contributed by atoms with van der Waals surface area (Å²) in [6.45, 7) is 2.09. The molecule has 1 aliphatic carbocycles. The monoisotopic (exact) mass is 237 g/mol. The Kier molecular flexibility index (Phi) is 3.31. The second kappa shape index (κ2) is 4.73. The van der Waals surface area contributed by atoms with E-state index in [9.17, 15) is 14.3 Å². The molecule has 0 bridgehead atoms. The standard InChI is InChI=1S/C13H16FNO2/c1-8-3-2-4-11(8)15-13(17)10-7-9(14)5-6-12(10)16/h5-8,11,16H,2-4H2,1H3,(H,15,17). The lowest BCUT2D eigenvalue weighted by Gasteiger charge is -2.17. The summed E-state index contributed by atoms with van der Waals surface area (Å²) in [5.41, 5.74) is 0.00380. The van der Waals surface area contributed by atoms with Crippen molar-refractivity contribution in [2.75, 3.05) is 0 Å². The second-order valence-electron chi connectivity index (χ2n) is 4.65. The minimum absolute atomic E-state index is 0.00380. The highest BCUT2D eigenvalue weighted by Crippen LogP contribution is 2.26. The third-order valence-corrected chi connectivity index (χ3v) is 3.38. The van der Waals surface area contributed by atoms with Gasteiger partial charge in [0.05, 0.1) is 5.56 Å². The van der Waals surface area contributed by atoms with Gasteiger partial charge in [-0.05, 0) is 37.0 Å². The zero-order valence-electron chi connectivity index (χ0n) is 9.74. The Hall–Kier alpha value is -1.58. The van der Waals surface area contributed by atoms with Gasteiger partial charge in [-0.1, -0.05) is 13.3 Å². The maximum absolute atomic E-state index is 13.0. The van der Waals surface area contributed by atoms with Crippen molar-refractivity contribution in [3.05, 3.63) is 29.6 Å². The fourth-order valence-corrected chi connectivity index (χ4v) is 2.30. The van der Waals surface area contributed by atoms with Crippen molar-refractivity contribution in [2.24, 2.45) is 5.92 Å². The topological polar surface area (TPSA) is 49.3 Å². The summed E-state index contributed by atoms with van der Waals surface area (Å²) in [5.74, 6) is -0.669. The molecule has 0 spiro atoms. The molecular formula is C13H16FNO2. The molecule has 4 heteroatoms. The maximum atomic E-state index is 13.0. The third kappa shape index (κ3) is 2.57. The summed E-state index contributed by atoms with van der Waals surface area (Å²) < 4.78 is 13.0. The van der Waals surface area contributed by atoms with E-state index in [-0.39, 0.29) is 17.4 Å². The van der Waals surface area contributed by atoms with Crippen LogP contribution in [0.25, 0.3) is 0 Å². The number of rotatable bonds is 2. The molecule has 0 aliphatic heterocycles. The Bertz CT molecular complexity index is 433. The first-order valence-corrected chi connectivity index (χ1v) is 5.87. The fraction of sp³-hybridized carbons (Fsp3) is 0.462. The van der Waals surface area contributed by atoms with Gasteiger partial charge in [0.25, 0.3) is 5.91 Å². The first-order chi connectivity index (χ1) is 8.08. The Morgan fingerprint density at radius 1 is 1.47 bits per heavy atom. The van der Waals surface area contributed by atoms with Crippen molar-refractivity contribution < 1.29 is 14.3 Å². The molecule has 2 N–H and O–H groups in total. The Morgan fingerprint density at radius 3 is 2.88 bits per heavy atom. The summed E-state index contributed by atoms with van der Waals surface area (Å²) in [6.07, 6.45) is 3.14. The molecular weight excluding hydrogens is 221 g/mol. The van der Waals surface area contributed by atoms with Crippen LogP contribution in [0.3, 0.4) is 0 Å². The molecule has 0 saturated heterocycles. The predicted octanol–water partition coefficient (Wildman–Crippen LogP) is 2.45. The number of carbonyl (C=O) groups excluding carboxylic acids is 1. The summed E-state index contributed by atoms with van der Waals surface area (Å²) in [6, 6.07) is 3.52. The predicted molar refractivity (Wildman–Crippen MR) is 62.3 cm³/mol. The summed E-state index contributed by atoms with van der Waals surface area (Å²) >= 11 is 0. The lowest BCUT2D eigenvalue weighted by Crippen LogP contribution is -2.36. The van der Waals surface area contributed by atoms with Crippen LogP contribution in [0.4, 0.5) is 4.39 Å². The number of carbonyl (C=O) groups is 1. The highest BCUT2D eigenvalue weighted by molar-refractivity contribution is 5.97. The fourth-order valence-electron chi connectivity index (χ4n) is 2.30. The van der Waals surface area contributed by atoms with Crippen LogP contribution in [0.5, 0.6) is 5.75 Å². The van der Waals surface area contributed by atoms with Crippen molar-refractivity contribution in [1.29, 1.82) is 0 Å². The maximum Gasteiger partial charge on any atom is 0.255 e. The van der Waals surface area contributed by atoms with Crippen molar-refractivity contribution in [3.63, 3.8) is 0 Å². The number of phenols is 1. The quantitative estimate of drug-likeness (QED) is 0.830. The first kappa shape index (κ1) is 11.9. The number of hydrogen-bond acceptors (Lipinski definition) is 2. The van der Waals surface area contributed by atoms with Gasteiger partial charge >= 0.3 is 0 Å². The minimum Gasteiger partial charge on any atom is -0.507 e. The van der Waals surface area contributed by atoms with E-state index in [0.29, 0.717) is 5.92 Å². The molecule has 2 rings (SSSR count). The third-order valence-electron chi connectivity index (χ3n) is 3.38. The van der Waals surface area contributed by atoms with Crippen LogP contribution in [-0.2, 0) is 0 Å². The Labute approximate surface area is 99.7 Å². The van der Waals surface area contributed by atoms with E-state index < -0.39 is 11.7 Å². The van der Waals surface area contributed by atoms with Crippen LogP contribution in [0.1, 0.15) is 36.5 Å². The smallest absolute Gasteiger partial charge is 0.255 e. The summed E-state index contributed by atoms with van der Waals surface area (Å²) in [7, 11) is 0. The lowest BCUT2D eigenvalue weighted by molar-refractivity contribution is 0.0926. The normalized spacial score (nSPS) is 23.6. The molecule has 1 aromatic rings. The largest absolute Gasteiger partial charge is 0.507 e. The average Bonchev–Trinajstić information content (AvgIpc) is 2.68. The van der Waals surface area contributed by atoms with Crippen molar-refractivity contribution in [1.82, 2.24) is 5.32 Å². The van der Waals surface area contributed by atoms with Crippen LogP contribution in [0, 0.1) is 11.7 Å². The summed E-state index contributed by atoms with van der Waals surface area (Å²) in [4.78, 5) is 11.9. The number of benzene rings is 1. The van der Waals surface area contributed by atoms with E-state index in [4.69, 9.17) is 0 Å². The first-order valence-electron chi connectivity index (χ1n) is 5.87. The second-order valence-corrected chi connectivity index (χ2v) is 4.65. The minimum atomic E-state index is -0.521. The van der Waals surface area contributed by atoms with Gasteiger partial charge in [-0.25, -0.2) is 4.39 Å². The molecule has 3 nitrogen and oxygen atoms in total. The van der Waals surface area contributed by atoms with Crippen LogP contribution < -0.4 is 5.32 Å². The van der Waals surface area contributed by atoms with E-state index >= 15 is 0 Å². The molecule has 0 heterocycles. The van der Waals surface area contributed by atoms with Gasteiger partial charge in [-0.2, -0.15) is 0 Å². The van der Waals surface area contributed by atoms with E-state index in [2.05, 4.69) is 12.2 Å².